The van der Waals surface area contributed by atoms with Crippen LogP contribution in [0.5, 0.6) is 5.75 Å². The topological polar surface area (TPSA) is 58.6 Å². The Bertz CT molecular complexity index is 794. The van der Waals surface area contributed by atoms with Crippen molar-refractivity contribution in [2.75, 3.05) is 19.0 Å². The molecule has 1 heterocycles. The third kappa shape index (κ3) is 4.39. The molecule has 5 nitrogen and oxygen atoms in total. The molecule has 1 N–H and O–H groups in total. The molecule has 3 rings (SSSR count). The molecule has 1 aliphatic rings. The van der Waals surface area contributed by atoms with Crippen molar-refractivity contribution in [1.29, 1.82) is 0 Å². The van der Waals surface area contributed by atoms with Crippen molar-refractivity contribution in [3.05, 3.63) is 58.6 Å². The minimum atomic E-state index is -0.342. The molecule has 0 spiro atoms. The first-order valence-corrected chi connectivity index (χ1v) is 8.81. The average Bonchev–Trinajstić information content (AvgIpc) is 2.96. The molecule has 0 radical (unpaired) electrons. The molecule has 0 bridgehead atoms. The zero-order chi connectivity index (χ0) is 17.8. The van der Waals surface area contributed by atoms with Crippen molar-refractivity contribution in [3.63, 3.8) is 0 Å². The molecular weight excluding hydrogens is 384 g/mol. The van der Waals surface area contributed by atoms with Gasteiger partial charge in [-0.15, -0.1) is 0 Å². The SMILES string of the molecule is COc1cccc(NC(=O)[C@@H]2CC(=O)N(Cc3cccc(Br)c3)C2)c1. The second-order valence-corrected chi connectivity index (χ2v) is 6.94. The second kappa shape index (κ2) is 7.70. The van der Waals surface area contributed by atoms with Gasteiger partial charge in [-0.25, -0.2) is 0 Å². The monoisotopic (exact) mass is 402 g/mol. The van der Waals surface area contributed by atoms with Crippen LogP contribution in [0.2, 0.25) is 0 Å². The first-order chi connectivity index (χ1) is 12.0. The highest BCUT2D eigenvalue weighted by Crippen LogP contribution is 2.24. The Balaban J connectivity index is 1.62. The number of nitrogens with one attached hydrogen (secondary N) is 1. The summed E-state index contributed by atoms with van der Waals surface area (Å²) in [7, 11) is 1.58. The molecule has 0 aliphatic carbocycles. The normalized spacial score (nSPS) is 16.8. The Morgan fingerprint density at radius 3 is 2.84 bits per heavy atom. The highest BCUT2D eigenvalue weighted by atomic mass is 79.9. The number of amides is 2. The van der Waals surface area contributed by atoms with Crippen LogP contribution in [0, 0.1) is 5.92 Å². The molecule has 2 amide bonds. The van der Waals surface area contributed by atoms with E-state index in [2.05, 4.69) is 21.2 Å². The van der Waals surface area contributed by atoms with Gasteiger partial charge >= 0.3 is 0 Å². The van der Waals surface area contributed by atoms with Crippen molar-refractivity contribution < 1.29 is 14.3 Å². The maximum absolute atomic E-state index is 12.5. The number of carbonyl (C=O) groups excluding carboxylic acids is 2. The molecule has 6 heteroatoms. The third-order valence-corrected chi connectivity index (χ3v) is 4.68. The van der Waals surface area contributed by atoms with Crippen LogP contribution in [0.4, 0.5) is 5.69 Å². The minimum absolute atomic E-state index is 0.00534. The van der Waals surface area contributed by atoms with Crippen LogP contribution in [-0.2, 0) is 16.1 Å². The number of nitrogens with zero attached hydrogens (tertiary/aromatic N) is 1. The zero-order valence-electron chi connectivity index (χ0n) is 13.9. The molecule has 2 aromatic carbocycles. The molecule has 1 atom stereocenters. The Kier molecular flexibility index (Phi) is 5.38. The summed E-state index contributed by atoms with van der Waals surface area (Å²) in [5.41, 5.74) is 1.71. The Morgan fingerprint density at radius 1 is 1.28 bits per heavy atom. The van der Waals surface area contributed by atoms with Crippen LogP contribution in [-0.4, -0.2) is 30.4 Å². The molecule has 1 aliphatic heterocycles. The van der Waals surface area contributed by atoms with Crippen LogP contribution in [0.3, 0.4) is 0 Å². The summed E-state index contributed by atoms with van der Waals surface area (Å²) >= 11 is 3.43. The van der Waals surface area contributed by atoms with E-state index >= 15 is 0 Å². The maximum Gasteiger partial charge on any atom is 0.229 e. The van der Waals surface area contributed by atoms with Crippen molar-refractivity contribution in [3.8, 4) is 5.75 Å². The number of hydrogen-bond donors (Lipinski definition) is 1. The lowest BCUT2D eigenvalue weighted by Crippen LogP contribution is -2.28. The smallest absolute Gasteiger partial charge is 0.229 e. The van der Waals surface area contributed by atoms with Crippen LogP contribution < -0.4 is 10.1 Å². The van der Waals surface area contributed by atoms with Gasteiger partial charge in [0.15, 0.2) is 0 Å². The van der Waals surface area contributed by atoms with Crippen LogP contribution in [0.25, 0.3) is 0 Å². The fourth-order valence-electron chi connectivity index (χ4n) is 2.90. The van der Waals surface area contributed by atoms with Gasteiger partial charge in [-0.3, -0.25) is 9.59 Å². The highest BCUT2D eigenvalue weighted by Gasteiger charge is 2.34. The molecule has 1 saturated heterocycles. The van der Waals surface area contributed by atoms with Gasteiger partial charge in [0.05, 0.1) is 13.0 Å². The van der Waals surface area contributed by atoms with Gasteiger partial charge in [0.1, 0.15) is 5.75 Å². The number of likely N-dealkylation sites (tertiary alicyclic amines) is 1. The molecule has 130 valence electrons. The van der Waals surface area contributed by atoms with Gasteiger partial charge in [0.2, 0.25) is 11.8 Å². The highest BCUT2D eigenvalue weighted by molar-refractivity contribution is 9.10. The summed E-state index contributed by atoms with van der Waals surface area (Å²) < 4.78 is 6.13. The summed E-state index contributed by atoms with van der Waals surface area (Å²) in [6.07, 6.45) is 0.240. The van der Waals surface area contributed by atoms with E-state index in [-0.39, 0.29) is 24.2 Å². The molecule has 0 unspecified atom stereocenters. The van der Waals surface area contributed by atoms with Crippen molar-refractivity contribution in [2.24, 2.45) is 5.92 Å². The lowest BCUT2D eigenvalue weighted by atomic mass is 10.1. The number of ether oxygens (including phenoxy) is 1. The quantitative estimate of drug-likeness (QED) is 0.832. The van der Waals surface area contributed by atoms with Gasteiger partial charge in [0.25, 0.3) is 0 Å². The summed E-state index contributed by atoms with van der Waals surface area (Å²) in [6, 6.07) is 15.0. The van der Waals surface area contributed by atoms with E-state index < -0.39 is 0 Å². The third-order valence-electron chi connectivity index (χ3n) is 4.19. The van der Waals surface area contributed by atoms with Crippen LogP contribution in [0.15, 0.2) is 53.0 Å². The van der Waals surface area contributed by atoms with Gasteiger partial charge < -0.3 is 15.0 Å². The first-order valence-electron chi connectivity index (χ1n) is 8.02. The number of rotatable bonds is 5. The second-order valence-electron chi connectivity index (χ2n) is 6.03. The van der Waals surface area contributed by atoms with Crippen molar-refractivity contribution >= 4 is 33.4 Å². The van der Waals surface area contributed by atoms with E-state index in [9.17, 15) is 9.59 Å². The number of halogens is 1. The molecule has 0 aromatic heterocycles. The number of anilines is 1. The van der Waals surface area contributed by atoms with E-state index in [0.29, 0.717) is 24.5 Å². The van der Waals surface area contributed by atoms with Gasteiger partial charge in [-0.1, -0.05) is 34.1 Å². The fourth-order valence-corrected chi connectivity index (χ4v) is 3.35. The Morgan fingerprint density at radius 2 is 2.08 bits per heavy atom. The van der Waals surface area contributed by atoms with Crippen molar-refractivity contribution in [1.82, 2.24) is 4.90 Å². The van der Waals surface area contributed by atoms with E-state index in [1.165, 1.54) is 0 Å². The lowest BCUT2D eigenvalue weighted by molar-refractivity contribution is -0.128. The average molecular weight is 403 g/mol. The number of methoxy groups -OCH3 is 1. The molecule has 2 aromatic rings. The Labute approximate surface area is 155 Å². The summed E-state index contributed by atoms with van der Waals surface area (Å²) in [4.78, 5) is 26.5. The van der Waals surface area contributed by atoms with E-state index in [0.717, 1.165) is 10.0 Å². The lowest BCUT2D eigenvalue weighted by Gasteiger charge is -2.17. The first kappa shape index (κ1) is 17.5. The Hall–Kier alpha value is -2.34. The predicted octanol–water partition coefficient (Wildman–Crippen LogP) is 3.44. The summed E-state index contributed by atoms with van der Waals surface area (Å²) in [5.74, 6) is 0.201. The van der Waals surface area contributed by atoms with Crippen molar-refractivity contribution in [2.45, 2.75) is 13.0 Å². The molecule has 0 saturated carbocycles. The number of carbonyl (C=O) groups is 2. The predicted molar refractivity (Wildman–Crippen MR) is 99.3 cm³/mol. The molecular formula is C19H19BrN2O3. The summed E-state index contributed by atoms with van der Waals surface area (Å²) in [5, 5.41) is 2.87. The molecule has 25 heavy (non-hydrogen) atoms. The maximum atomic E-state index is 12.5. The number of benzene rings is 2. The largest absolute Gasteiger partial charge is 0.497 e. The summed E-state index contributed by atoms with van der Waals surface area (Å²) in [6.45, 7) is 0.947. The number of hydrogen-bond acceptors (Lipinski definition) is 3. The van der Waals surface area contributed by atoms with Gasteiger partial charge in [-0.2, -0.15) is 0 Å². The van der Waals surface area contributed by atoms with Gasteiger partial charge in [-0.05, 0) is 29.8 Å². The standard InChI is InChI=1S/C19H19BrN2O3/c1-25-17-7-3-6-16(10-17)21-19(24)14-9-18(23)22(12-14)11-13-4-2-5-15(20)8-13/h2-8,10,14H,9,11-12H2,1H3,(H,21,24)/t14-/m1/s1. The van der Waals surface area contributed by atoms with E-state index in [1.54, 1.807) is 24.1 Å². The zero-order valence-corrected chi connectivity index (χ0v) is 15.5. The molecule has 1 fully saturated rings. The minimum Gasteiger partial charge on any atom is -0.497 e. The fraction of sp³-hybridized carbons (Fsp3) is 0.263. The van der Waals surface area contributed by atoms with Crippen LogP contribution >= 0.6 is 15.9 Å². The van der Waals surface area contributed by atoms with Crippen LogP contribution in [0.1, 0.15) is 12.0 Å². The van der Waals surface area contributed by atoms with Gasteiger partial charge in [0, 0.05) is 35.7 Å². The van der Waals surface area contributed by atoms with E-state index in [1.807, 2.05) is 36.4 Å². The van der Waals surface area contributed by atoms with E-state index in [4.69, 9.17) is 4.74 Å².